The highest BCUT2D eigenvalue weighted by molar-refractivity contribution is 5.97. The maximum atomic E-state index is 13.3. The minimum absolute atomic E-state index is 0.153. The van der Waals surface area contributed by atoms with Crippen molar-refractivity contribution in [2.24, 2.45) is 0 Å². The minimum Gasteiger partial charge on any atom is -0.493 e. The Morgan fingerprint density at radius 2 is 1.85 bits per heavy atom. The number of hydrogen-bond acceptors (Lipinski definition) is 3. The normalized spacial score (nSPS) is 21.6. The van der Waals surface area contributed by atoms with Gasteiger partial charge in [-0.05, 0) is 70.2 Å². The molecule has 2 aliphatic rings. The first-order valence-electron chi connectivity index (χ1n) is 10.5. The van der Waals surface area contributed by atoms with Crippen LogP contribution in [0.1, 0.15) is 68.6 Å². The Hall–Kier alpha value is -1.55. The maximum absolute atomic E-state index is 13.3. The molecule has 144 valence electrons. The number of benzene rings is 1. The van der Waals surface area contributed by atoms with Gasteiger partial charge in [0.15, 0.2) is 0 Å². The average Bonchev–Trinajstić information content (AvgIpc) is 2.71. The van der Waals surface area contributed by atoms with Crippen LogP contribution in [0.5, 0.6) is 5.75 Å². The molecule has 4 heteroatoms. The van der Waals surface area contributed by atoms with Crippen molar-refractivity contribution < 1.29 is 9.53 Å². The highest BCUT2D eigenvalue weighted by Gasteiger charge is 2.29. The summed E-state index contributed by atoms with van der Waals surface area (Å²) in [5, 5.41) is 0. The Morgan fingerprint density at radius 3 is 2.65 bits per heavy atom. The zero-order valence-corrected chi connectivity index (χ0v) is 16.3. The first-order chi connectivity index (χ1) is 12.8. The topological polar surface area (TPSA) is 32.8 Å². The molecular formula is C22H34N2O2. The van der Waals surface area contributed by atoms with E-state index in [2.05, 4.69) is 16.7 Å². The second-order valence-corrected chi connectivity index (χ2v) is 7.68. The summed E-state index contributed by atoms with van der Waals surface area (Å²) in [5.41, 5.74) is 0.728. The number of para-hydroxylation sites is 1. The number of likely N-dealkylation sites (tertiary alicyclic amines) is 2. The van der Waals surface area contributed by atoms with Crippen molar-refractivity contribution in [3.05, 3.63) is 29.8 Å². The van der Waals surface area contributed by atoms with Crippen LogP contribution in [-0.2, 0) is 0 Å². The van der Waals surface area contributed by atoms with Gasteiger partial charge in [0.1, 0.15) is 5.75 Å². The minimum atomic E-state index is 0.153. The van der Waals surface area contributed by atoms with Crippen LogP contribution in [0.2, 0.25) is 0 Å². The Morgan fingerprint density at radius 1 is 1.08 bits per heavy atom. The number of rotatable bonds is 7. The van der Waals surface area contributed by atoms with Gasteiger partial charge in [-0.25, -0.2) is 0 Å². The summed E-state index contributed by atoms with van der Waals surface area (Å²) in [4.78, 5) is 18.0. The zero-order valence-electron chi connectivity index (χ0n) is 16.3. The van der Waals surface area contributed by atoms with E-state index >= 15 is 0 Å². The molecule has 2 aliphatic heterocycles. The van der Waals surface area contributed by atoms with E-state index in [0.717, 1.165) is 50.1 Å². The number of hydrogen-bond donors (Lipinski definition) is 0. The third-order valence-electron chi connectivity index (χ3n) is 5.69. The molecule has 1 aromatic carbocycles. The van der Waals surface area contributed by atoms with Crippen molar-refractivity contribution in [2.75, 3.05) is 32.8 Å². The third kappa shape index (κ3) is 5.00. The van der Waals surface area contributed by atoms with Gasteiger partial charge in [-0.1, -0.05) is 25.5 Å². The van der Waals surface area contributed by atoms with E-state index in [1.54, 1.807) is 0 Å². The van der Waals surface area contributed by atoms with Crippen molar-refractivity contribution in [2.45, 2.75) is 64.3 Å². The summed E-state index contributed by atoms with van der Waals surface area (Å²) in [6.45, 7) is 7.21. The molecule has 0 radical (unpaired) electrons. The van der Waals surface area contributed by atoms with E-state index in [-0.39, 0.29) is 5.91 Å². The standard InChI is InChI=1S/C22H34N2O2/c1-2-18-26-21-12-5-4-11-20(21)22(25)24-16-9-6-10-19(24)13-17-23-14-7-3-8-15-23/h4-5,11-12,19H,2-3,6-10,13-18H2,1H3/t19-/m1/s1. The van der Waals surface area contributed by atoms with Crippen LogP contribution in [0.25, 0.3) is 0 Å². The average molecular weight is 359 g/mol. The largest absolute Gasteiger partial charge is 0.493 e. The van der Waals surface area contributed by atoms with Gasteiger partial charge in [-0.3, -0.25) is 4.79 Å². The Labute approximate surface area is 158 Å². The van der Waals surface area contributed by atoms with Gasteiger partial charge in [0, 0.05) is 19.1 Å². The Kier molecular flexibility index (Phi) is 7.36. The highest BCUT2D eigenvalue weighted by atomic mass is 16.5. The molecule has 0 spiro atoms. The molecule has 26 heavy (non-hydrogen) atoms. The quantitative estimate of drug-likeness (QED) is 0.726. The number of carbonyl (C=O) groups excluding carboxylic acids is 1. The molecule has 1 atom stereocenters. The summed E-state index contributed by atoms with van der Waals surface area (Å²) < 4.78 is 5.83. The van der Waals surface area contributed by atoms with Crippen LogP contribution >= 0.6 is 0 Å². The smallest absolute Gasteiger partial charge is 0.257 e. The molecule has 4 nitrogen and oxygen atoms in total. The molecule has 0 N–H and O–H groups in total. The van der Waals surface area contributed by atoms with Gasteiger partial charge in [-0.15, -0.1) is 0 Å². The van der Waals surface area contributed by atoms with Crippen LogP contribution in [0.4, 0.5) is 0 Å². The fraction of sp³-hybridized carbons (Fsp3) is 0.682. The fourth-order valence-corrected chi connectivity index (χ4v) is 4.22. The van der Waals surface area contributed by atoms with Crippen molar-refractivity contribution >= 4 is 5.91 Å². The number of nitrogens with zero attached hydrogens (tertiary/aromatic N) is 2. The fourth-order valence-electron chi connectivity index (χ4n) is 4.22. The van der Waals surface area contributed by atoms with E-state index in [1.165, 1.54) is 38.8 Å². The van der Waals surface area contributed by atoms with Crippen molar-refractivity contribution in [3.8, 4) is 5.75 Å². The van der Waals surface area contributed by atoms with Crippen LogP contribution < -0.4 is 4.74 Å². The molecule has 0 bridgehead atoms. The number of piperidine rings is 2. The summed E-state index contributed by atoms with van der Waals surface area (Å²) in [6, 6.07) is 8.11. The Balaban J connectivity index is 1.65. The van der Waals surface area contributed by atoms with Gasteiger partial charge < -0.3 is 14.5 Å². The first-order valence-corrected chi connectivity index (χ1v) is 10.5. The number of ether oxygens (including phenoxy) is 1. The SMILES string of the molecule is CCCOc1ccccc1C(=O)N1CCCC[C@@H]1CCN1CCCCC1. The van der Waals surface area contributed by atoms with Crippen molar-refractivity contribution in [1.82, 2.24) is 9.80 Å². The predicted octanol–water partition coefficient (Wildman–Crippen LogP) is 4.35. The lowest BCUT2D eigenvalue weighted by atomic mass is 9.97. The van der Waals surface area contributed by atoms with Crippen LogP contribution in [0.15, 0.2) is 24.3 Å². The second-order valence-electron chi connectivity index (χ2n) is 7.68. The van der Waals surface area contributed by atoms with Gasteiger partial charge in [0.05, 0.1) is 12.2 Å². The molecule has 0 saturated carbocycles. The van der Waals surface area contributed by atoms with Crippen LogP contribution in [0, 0.1) is 0 Å². The maximum Gasteiger partial charge on any atom is 0.257 e. The summed E-state index contributed by atoms with van der Waals surface area (Å²) in [6.07, 6.45) is 9.57. The van der Waals surface area contributed by atoms with E-state index in [9.17, 15) is 4.79 Å². The van der Waals surface area contributed by atoms with E-state index < -0.39 is 0 Å². The molecule has 3 rings (SSSR count). The molecule has 1 aromatic rings. The van der Waals surface area contributed by atoms with Gasteiger partial charge in [-0.2, -0.15) is 0 Å². The molecule has 1 amide bonds. The number of carbonyl (C=O) groups is 1. The lowest BCUT2D eigenvalue weighted by molar-refractivity contribution is 0.0575. The van der Waals surface area contributed by atoms with Gasteiger partial charge >= 0.3 is 0 Å². The highest BCUT2D eigenvalue weighted by Crippen LogP contribution is 2.26. The van der Waals surface area contributed by atoms with Crippen LogP contribution in [0.3, 0.4) is 0 Å². The first kappa shape index (κ1) is 19.2. The second kappa shape index (κ2) is 9.96. The van der Waals surface area contributed by atoms with E-state index in [1.807, 2.05) is 24.3 Å². The molecular weight excluding hydrogens is 324 g/mol. The molecule has 0 aliphatic carbocycles. The van der Waals surface area contributed by atoms with Crippen molar-refractivity contribution in [3.63, 3.8) is 0 Å². The lowest BCUT2D eigenvalue weighted by Gasteiger charge is -2.38. The predicted molar refractivity (Wildman–Crippen MR) is 106 cm³/mol. The van der Waals surface area contributed by atoms with Gasteiger partial charge in [0.2, 0.25) is 0 Å². The molecule has 2 fully saturated rings. The monoisotopic (exact) mass is 358 g/mol. The zero-order chi connectivity index (χ0) is 18.2. The van der Waals surface area contributed by atoms with Crippen molar-refractivity contribution in [1.29, 1.82) is 0 Å². The third-order valence-corrected chi connectivity index (χ3v) is 5.69. The lowest BCUT2D eigenvalue weighted by Crippen LogP contribution is -2.45. The summed E-state index contributed by atoms with van der Waals surface area (Å²) in [5.74, 6) is 0.889. The van der Waals surface area contributed by atoms with E-state index in [0.29, 0.717) is 12.6 Å². The molecule has 2 saturated heterocycles. The Bertz CT molecular complexity index is 569. The molecule has 0 aromatic heterocycles. The molecule has 2 heterocycles. The van der Waals surface area contributed by atoms with E-state index in [4.69, 9.17) is 4.74 Å². The number of amides is 1. The summed E-state index contributed by atoms with van der Waals surface area (Å²) >= 11 is 0. The summed E-state index contributed by atoms with van der Waals surface area (Å²) in [7, 11) is 0. The van der Waals surface area contributed by atoms with Crippen LogP contribution in [-0.4, -0.2) is 54.5 Å². The molecule has 0 unspecified atom stereocenters. The van der Waals surface area contributed by atoms with Gasteiger partial charge in [0.25, 0.3) is 5.91 Å².